The molecule has 0 bridgehead atoms. The van der Waals surface area contributed by atoms with Crippen molar-refractivity contribution in [1.29, 1.82) is 0 Å². The molecule has 1 aliphatic rings. The van der Waals surface area contributed by atoms with Crippen molar-refractivity contribution in [1.82, 2.24) is 4.90 Å². The minimum absolute atomic E-state index is 0.116. The van der Waals surface area contributed by atoms with Crippen molar-refractivity contribution in [3.63, 3.8) is 0 Å². The summed E-state index contributed by atoms with van der Waals surface area (Å²) in [5.74, 6) is 0.116. The molecule has 1 heterocycles. The van der Waals surface area contributed by atoms with E-state index in [0.717, 1.165) is 18.7 Å². The Bertz CT molecular complexity index is 449. The number of aromatic hydroxyl groups is 1. The predicted molar refractivity (Wildman–Crippen MR) is 73.4 cm³/mol. The standard InChI is InChI=1S/C13H17Cl2NO2/c1-13(2)8-16(3-4-18-13)7-9-5-10(14)6-11(15)12(9)17/h5-6,17H,3-4,7-8H2,1-2H3. The lowest BCUT2D eigenvalue weighted by Gasteiger charge is -2.38. The largest absolute Gasteiger partial charge is 0.506 e. The molecule has 1 aromatic carbocycles. The Morgan fingerprint density at radius 3 is 2.78 bits per heavy atom. The first kappa shape index (κ1) is 13.9. The number of phenols is 1. The van der Waals surface area contributed by atoms with Gasteiger partial charge in [0.25, 0.3) is 0 Å². The number of ether oxygens (including phenoxy) is 1. The molecule has 1 fully saturated rings. The smallest absolute Gasteiger partial charge is 0.138 e. The summed E-state index contributed by atoms with van der Waals surface area (Å²) < 4.78 is 5.65. The molecule has 100 valence electrons. The quantitative estimate of drug-likeness (QED) is 0.907. The third kappa shape index (κ3) is 3.29. The van der Waals surface area contributed by atoms with Gasteiger partial charge >= 0.3 is 0 Å². The van der Waals surface area contributed by atoms with Crippen LogP contribution in [0.25, 0.3) is 0 Å². The van der Waals surface area contributed by atoms with Crippen LogP contribution >= 0.6 is 23.2 Å². The van der Waals surface area contributed by atoms with Crippen LogP contribution in [0.15, 0.2) is 12.1 Å². The summed E-state index contributed by atoms with van der Waals surface area (Å²) in [6.07, 6.45) is 0. The maximum atomic E-state index is 9.93. The molecule has 1 saturated heterocycles. The molecule has 0 radical (unpaired) electrons. The van der Waals surface area contributed by atoms with Crippen molar-refractivity contribution in [2.75, 3.05) is 19.7 Å². The molecule has 1 aromatic rings. The van der Waals surface area contributed by atoms with E-state index in [9.17, 15) is 5.11 Å². The van der Waals surface area contributed by atoms with E-state index >= 15 is 0 Å². The maximum Gasteiger partial charge on any atom is 0.138 e. The molecule has 1 N–H and O–H groups in total. The molecule has 3 nitrogen and oxygen atoms in total. The molecule has 1 aliphatic heterocycles. The van der Waals surface area contributed by atoms with Crippen molar-refractivity contribution in [3.05, 3.63) is 27.7 Å². The average Bonchev–Trinajstić information content (AvgIpc) is 2.24. The van der Waals surface area contributed by atoms with Gasteiger partial charge in [0.15, 0.2) is 0 Å². The van der Waals surface area contributed by atoms with Gasteiger partial charge in [-0.2, -0.15) is 0 Å². The van der Waals surface area contributed by atoms with Crippen LogP contribution in [-0.4, -0.2) is 35.3 Å². The Kier molecular flexibility index (Phi) is 4.07. The molecule has 0 unspecified atom stereocenters. The fourth-order valence-corrected chi connectivity index (χ4v) is 2.77. The molecule has 0 saturated carbocycles. The SMILES string of the molecule is CC1(C)CN(Cc2cc(Cl)cc(Cl)c2O)CCO1. The Morgan fingerprint density at radius 2 is 2.11 bits per heavy atom. The van der Waals surface area contributed by atoms with Crippen LogP contribution in [0, 0.1) is 0 Å². The van der Waals surface area contributed by atoms with Gasteiger partial charge in [-0.15, -0.1) is 0 Å². The van der Waals surface area contributed by atoms with E-state index in [2.05, 4.69) is 18.7 Å². The van der Waals surface area contributed by atoms with Crippen LogP contribution in [0.3, 0.4) is 0 Å². The third-order valence-corrected chi connectivity index (χ3v) is 3.51. The van der Waals surface area contributed by atoms with Gasteiger partial charge in [-0.3, -0.25) is 4.90 Å². The molecular weight excluding hydrogens is 273 g/mol. The van der Waals surface area contributed by atoms with Gasteiger partial charge in [-0.25, -0.2) is 0 Å². The van der Waals surface area contributed by atoms with Crippen molar-refractivity contribution in [3.8, 4) is 5.75 Å². The van der Waals surface area contributed by atoms with Crippen LogP contribution in [0.4, 0.5) is 0 Å². The van der Waals surface area contributed by atoms with E-state index in [-0.39, 0.29) is 11.4 Å². The number of halogens is 2. The second-order valence-electron chi connectivity index (χ2n) is 5.21. The maximum absolute atomic E-state index is 9.93. The van der Waals surface area contributed by atoms with Crippen molar-refractivity contribution < 1.29 is 9.84 Å². The highest BCUT2D eigenvalue weighted by atomic mass is 35.5. The molecule has 18 heavy (non-hydrogen) atoms. The molecule has 2 rings (SSSR count). The number of nitrogens with zero attached hydrogens (tertiary/aromatic N) is 1. The molecule has 5 heteroatoms. The van der Waals surface area contributed by atoms with Gasteiger partial charge in [0, 0.05) is 30.2 Å². The van der Waals surface area contributed by atoms with E-state index in [1.54, 1.807) is 12.1 Å². The Morgan fingerprint density at radius 1 is 1.39 bits per heavy atom. The first-order chi connectivity index (χ1) is 8.37. The van der Waals surface area contributed by atoms with E-state index < -0.39 is 0 Å². The Labute approximate surface area is 117 Å². The molecule has 0 atom stereocenters. The van der Waals surface area contributed by atoms with Crippen molar-refractivity contribution >= 4 is 23.2 Å². The Hall–Kier alpha value is -0.480. The summed E-state index contributed by atoms with van der Waals surface area (Å²) in [6.45, 7) is 7.10. The number of hydrogen-bond acceptors (Lipinski definition) is 3. The fraction of sp³-hybridized carbons (Fsp3) is 0.538. The van der Waals surface area contributed by atoms with Crippen LogP contribution in [0.1, 0.15) is 19.4 Å². The number of phenolic OH excluding ortho intramolecular Hbond substituents is 1. The molecule has 0 spiro atoms. The van der Waals surface area contributed by atoms with E-state index in [0.29, 0.717) is 23.2 Å². The molecule has 0 aliphatic carbocycles. The minimum atomic E-state index is -0.157. The molecule has 0 amide bonds. The van der Waals surface area contributed by atoms with Gasteiger partial charge in [0.2, 0.25) is 0 Å². The normalized spacial score (nSPS) is 20.0. The third-order valence-electron chi connectivity index (χ3n) is 3.01. The minimum Gasteiger partial charge on any atom is -0.506 e. The average molecular weight is 290 g/mol. The number of morpholine rings is 1. The zero-order valence-corrected chi connectivity index (χ0v) is 12.1. The van der Waals surface area contributed by atoms with Gasteiger partial charge in [0.1, 0.15) is 5.75 Å². The molecular formula is C13H17Cl2NO2. The Balaban J connectivity index is 2.14. The summed E-state index contributed by atoms with van der Waals surface area (Å²) in [7, 11) is 0. The monoisotopic (exact) mass is 289 g/mol. The van der Waals surface area contributed by atoms with Gasteiger partial charge in [0.05, 0.1) is 17.2 Å². The van der Waals surface area contributed by atoms with Gasteiger partial charge < -0.3 is 9.84 Å². The summed E-state index contributed by atoms with van der Waals surface area (Å²) in [4.78, 5) is 2.23. The van der Waals surface area contributed by atoms with Crippen molar-refractivity contribution in [2.45, 2.75) is 26.0 Å². The van der Waals surface area contributed by atoms with E-state index in [1.807, 2.05) is 0 Å². The van der Waals surface area contributed by atoms with Gasteiger partial charge in [-0.05, 0) is 26.0 Å². The van der Waals surface area contributed by atoms with Crippen molar-refractivity contribution in [2.24, 2.45) is 0 Å². The fourth-order valence-electron chi connectivity index (χ4n) is 2.23. The lowest BCUT2D eigenvalue weighted by molar-refractivity contribution is -0.0883. The summed E-state index contributed by atoms with van der Waals surface area (Å²) in [6, 6.07) is 3.30. The zero-order chi connectivity index (χ0) is 13.3. The second-order valence-corrected chi connectivity index (χ2v) is 6.06. The first-order valence-corrected chi connectivity index (χ1v) is 6.66. The highest BCUT2D eigenvalue weighted by Crippen LogP contribution is 2.32. The lowest BCUT2D eigenvalue weighted by Crippen LogP contribution is -2.47. The lowest BCUT2D eigenvalue weighted by atomic mass is 10.1. The first-order valence-electron chi connectivity index (χ1n) is 5.90. The van der Waals surface area contributed by atoms with E-state index in [1.165, 1.54) is 0 Å². The topological polar surface area (TPSA) is 32.7 Å². The zero-order valence-electron chi connectivity index (χ0n) is 10.5. The second kappa shape index (κ2) is 5.25. The molecule has 0 aromatic heterocycles. The summed E-state index contributed by atoms with van der Waals surface area (Å²) >= 11 is 11.9. The van der Waals surface area contributed by atoms with Crippen LogP contribution < -0.4 is 0 Å². The van der Waals surface area contributed by atoms with Crippen LogP contribution in [0.5, 0.6) is 5.75 Å². The van der Waals surface area contributed by atoms with E-state index in [4.69, 9.17) is 27.9 Å². The van der Waals surface area contributed by atoms with Crippen LogP contribution in [-0.2, 0) is 11.3 Å². The number of hydrogen-bond donors (Lipinski definition) is 1. The number of benzene rings is 1. The summed E-state index contributed by atoms with van der Waals surface area (Å²) in [5, 5.41) is 10.8. The summed E-state index contributed by atoms with van der Waals surface area (Å²) in [5.41, 5.74) is 0.598. The van der Waals surface area contributed by atoms with Crippen LogP contribution in [0.2, 0.25) is 10.0 Å². The highest BCUT2D eigenvalue weighted by Gasteiger charge is 2.27. The van der Waals surface area contributed by atoms with Gasteiger partial charge in [-0.1, -0.05) is 23.2 Å². The predicted octanol–water partition coefficient (Wildman–Crippen LogP) is 3.31. The highest BCUT2D eigenvalue weighted by molar-refractivity contribution is 6.35. The number of rotatable bonds is 2.